The van der Waals surface area contributed by atoms with Crippen molar-refractivity contribution in [2.24, 2.45) is 5.73 Å². The highest BCUT2D eigenvalue weighted by molar-refractivity contribution is 5.26. The molecule has 1 aromatic carbocycles. The standard InChI is InChI=1S/C15H25FN2/c1-5-12(4)18(6-2)15(10-17)13-8-7-11(3)14(16)9-13/h7-9,12,15H,5-6,10,17H2,1-4H3. The summed E-state index contributed by atoms with van der Waals surface area (Å²) in [4.78, 5) is 2.34. The summed E-state index contributed by atoms with van der Waals surface area (Å²) in [7, 11) is 0. The second kappa shape index (κ2) is 6.86. The van der Waals surface area contributed by atoms with Gasteiger partial charge >= 0.3 is 0 Å². The van der Waals surface area contributed by atoms with Crippen molar-refractivity contribution in [2.75, 3.05) is 13.1 Å². The summed E-state index contributed by atoms with van der Waals surface area (Å²) in [5, 5.41) is 0. The average Bonchev–Trinajstić information content (AvgIpc) is 2.38. The van der Waals surface area contributed by atoms with Crippen LogP contribution in [-0.2, 0) is 0 Å². The van der Waals surface area contributed by atoms with Crippen molar-refractivity contribution in [3.05, 3.63) is 35.1 Å². The fourth-order valence-corrected chi connectivity index (χ4v) is 2.35. The third-order valence-corrected chi connectivity index (χ3v) is 3.73. The molecule has 2 nitrogen and oxygen atoms in total. The first-order chi connectivity index (χ1) is 8.54. The number of halogens is 1. The van der Waals surface area contributed by atoms with E-state index in [1.54, 1.807) is 13.0 Å². The lowest BCUT2D eigenvalue weighted by Gasteiger charge is -2.35. The molecule has 1 aromatic rings. The molecule has 0 saturated heterocycles. The number of likely N-dealkylation sites (N-methyl/N-ethyl adjacent to an activating group) is 1. The van der Waals surface area contributed by atoms with E-state index in [9.17, 15) is 4.39 Å². The van der Waals surface area contributed by atoms with Gasteiger partial charge < -0.3 is 5.73 Å². The molecule has 0 aliphatic rings. The Morgan fingerprint density at radius 3 is 2.44 bits per heavy atom. The molecule has 2 atom stereocenters. The minimum absolute atomic E-state index is 0.0973. The van der Waals surface area contributed by atoms with Crippen LogP contribution in [0.5, 0.6) is 0 Å². The van der Waals surface area contributed by atoms with Gasteiger partial charge in [-0.2, -0.15) is 0 Å². The van der Waals surface area contributed by atoms with Gasteiger partial charge in [0.1, 0.15) is 5.82 Å². The Labute approximate surface area is 110 Å². The van der Waals surface area contributed by atoms with Gasteiger partial charge in [0.25, 0.3) is 0 Å². The predicted octanol–water partition coefficient (Wildman–Crippen LogP) is 3.25. The normalized spacial score (nSPS) is 14.8. The molecule has 0 aliphatic heterocycles. The molecule has 0 fully saturated rings. The fourth-order valence-electron chi connectivity index (χ4n) is 2.35. The summed E-state index contributed by atoms with van der Waals surface area (Å²) in [6.45, 7) is 9.70. The molecule has 2 N–H and O–H groups in total. The van der Waals surface area contributed by atoms with E-state index in [4.69, 9.17) is 5.73 Å². The van der Waals surface area contributed by atoms with Crippen molar-refractivity contribution in [1.82, 2.24) is 4.90 Å². The van der Waals surface area contributed by atoms with Gasteiger partial charge in [-0.1, -0.05) is 26.0 Å². The largest absolute Gasteiger partial charge is 0.329 e. The van der Waals surface area contributed by atoms with Gasteiger partial charge in [0.2, 0.25) is 0 Å². The van der Waals surface area contributed by atoms with Gasteiger partial charge in [0.15, 0.2) is 0 Å². The number of nitrogens with two attached hydrogens (primary N) is 1. The SMILES string of the molecule is CCC(C)N(CC)C(CN)c1ccc(C)c(F)c1. The van der Waals surface area contributed by atoms with Crippen LogP contribution in [0.2, 0.25) is 0 Å². The lowest BCUT2D eigenvalue weighted by atomic mass is 10.0. The number of rotatable bonds is 6. The van der Waals surface area contributed by atoms with Gasteiger partial charge in [0, 0.05) is 18.6 Å². The van der Waals surface area contributed by atoms with Crippen LogP contribution in [-0.4, -0.2) is 24.0 Å². The maximum absolute atomic E-state index is 13.7. The molecule has 0 saturated carbocycles. The van der Waals surface area contributed by atoms with Gasteiger partial charge in [0.05, 0.1) is 0 Å². The molecule has 0 spiro atoms. The predicted molar refractivity (Wildman–Crippen MR) is 75.1 cm³/mol. The highest BCUT2D eigenvalue weighted by Gasteiger charge is 2.22. The monoisotopic (exact) mass is 252 g/mol. The van der Waals surface area contributed by atoms with E-state index >= 15 is 0 Å². The molecule has 0 heterocycles. The average molecular weight is 252 g/mol. The van der Waals surface area contributed by atoms with Gasteiger partial charge in [-0.15, -0.1) is 0 Å². The summed E-state index contributed by atoms with van der Waals surface area (Å²) >= 11 is 0. The van der Waals surface area contributed by atoms with Crippen LogP contribution in [0.15, 0.2) is 18.2 Å². The fraction of sp³-hybridized carbons (Fsp3) is 0.600. The van der Waals surface area contributed by atoms with E-state index in [2.05, 4.69) is 25.7 Å². The van der Waals surface area contributed by atoms with Gasteiger partial charge in [-0.25, -0.2) is 4.39 Å². The Hall–Kier alpha value is -0.930. The van der Waals surface area contributed by atoms with Crippen LogP contribution in [0.25, 0.3) is 0 Å². The summed E-state index contributed by atoms with van der Waals surface area (Å²) in [5.41, 5.74) is 7.55. The van der Waals surface area contributed by atoms with E-state index < -0.39 is 0 Å². The van der Waals surface area contributed by atoms with Crippen LogP contribution >= 0.6 is 0 Å². The maximum atomic E-state index is 13.7. The zero-order chi connectivity index (χ0) is 13.7. The Morgan fingerprint density at radius 2 is 2.00 bits per heavy atom. The molecule has 0 aromatic heterocycles. The first kappa shape index (κ1) is 15.1. The lowest BCUT2D eigenvalue weighted by molar-refractivity contribution is 0.151. The first-order valence-corrected chi connectivity index (χ1v) is 6.76. The molecule has 2 unspecified atom stereocenters. The zero-order valence-electron chi connectivity index (χ0n) is 11.9. The first-order valence-electron chi connectivity index (χ1n) is 6.76. The highest BCUT2D eigenvalue weighted by Crippen LogP contribution is 2.24. The van der Waals surface area contributed by atoms with Gasteiger partial charge in [-0.3, -0.25) is 4.90 Å². The zero-order valence-corrected chi connectivity index (χ0v) is 11.9. The molecular formula is C15H25FN2. The minimum Gasteiger partial charge on any atom is -0.329 e. The van der Waals surface area contributed by atoms with Gasteiger partial charge in [-0.05, 0) is 44.0 Å². The van der Waals surface area contributed by atoms with Crippen LogP contribution in [0, 0.1) is 12.7 Å². The number of hydrogen-bond acceptors (Lipinski definition) is 2. The molecule has 0 amide bonds. The number of benzene rings is 1. The smallest absolute Gasteiger partial charge is 0.126 e. The van der Waals surface area contributed by atoms with Crippen LogP contribution in [0.1, 0.15) is 44.4 Å². The molecule has 102 valence electrons. The van der Waals surface area contributed by atoms with Crippen molar-refractivity contribution in [2.45, 2.75) is 46.2 Å². The molecular weight excluding hydrogens is 227 g/mol. The Bertz CT molecular complexity index is 379. The summed E-state index contributed by atoms with van der Waals surface area (Å²) in [6.07, 6.45) is 1.07. The van der Waals surface area contributed by atoms with E-state index in [1.165, 1.54) is 0 Å². The summed E-state index contributed by atoms with van der Waals surface area (Å²) in [6, 6.07) is 5.99. The van der Waals surface area contributed by atoms with Crippen LogP contribution in [0.4, 0.5) is 4.39 Å². The Kier molecular flexibility index (Phi) is 5.76. The van der Waals surface area contributed by atoms with E-state index in [-0.39, 0.29) is 11.9 Å². The van der Waals surface area contributed by atoms with Crippen molar-refractivity contribution < 1.29 is 4.39 Å². The molecule has 3 heteroatoms. The van der Waals surface area contributed by atoms with Crippen molar-refractivity contribution in [3.63, 3.8) is 0 Å². The summed E-state index contributed by atoms with van der Waals surface area (Å²) < 4.78 is 13.7. The molecule has 18 heavy (non-hydrogen) atoms. The Morgan fingerprint density at radius 1 is 1.33 bits per heavy atom. The summed E-state index contributed by atoms with van der Waals surface area (Å²) in [5.74, 6) is -0.147. The minimum atomic E-state index is -0.147. The second-order valence-corrected chi connectivity index (χ2v) is 4.85. The van der Waals surface area contributed by atoms with Crippen LogP contribution < -0.4 is 5.73 Å². The van der Waals surface area contributed by atoms with Crippen molar-refractivity contribution >= 4 is 0 Å². The van der Waals surface area contributed by atoms with E-state index in [0.717, 1.165) is 18.5 Å². The van der Waals surface area contributed by atoms with E-state index in [1.807, 2.05) is 12.1 Å². The third-order valence-electron chi connectivity index (χ3n) is 3.73. The quantitative estimate of drug-likeness (QED) is 0.842. The number of hydrogen-bond donors (Lipinski definition) is 1. The second-order valence-electron chi connectivity index (χ2n) is 4.85. The molecule has 0 aliphatic carbocycles. The Balaban J connectivity index is 3.03. The van der Waals surface area contributed by atoms with Crippen LogP contribution in [0.3, 0.4) is 0 Å². The molecule has 0 radical (unpaired) electrons. The lowest BCUT2D eigenvalue weighted by Crippen LogP contribution is -2.39. The highest BCUT2D eigenvalue weighted by atomic mass is 19.1. The molecule has 0 bridgehead atoms. The van der Waals surface area contributed by atoms with Crippen molar-refractivity contribution in [1.29, 1.82) is 0 Å². The third kappa shape index (κ3) is 3.30. The molecule has 1 rings (SSSR count). The number of aryl methyl sites for hydroxylation is 1. The van der Waals surface area contributed by atoms with E-state index in [0.29, 0.717) is 18.2 Å². The number of nitrogens with zero attached hydrogens (tertiary/aromatic N) is 1. The van der Waals surface area contributed by atoms with Crippen molar-refractivity contribution in [3.8, 4) is 0 Å². The topological polar surface area (TPSA) is 29.3 Å². The maximum Gasteiger partial charge on any atom is 0.126 e.